The van der Waals surface area contributed by atoms with Crippen molar-refractivity contribution in [3.63, 3.8) is 0 Å². The Balaban J connectivity index is 1.77. The minimum atomic E-state index is -2.24. The van der Waals surface area contributed by atoms with Crippen molar-refractivity contribution in [1.82, 2.24) is 0 Å². The van der Waals surface area contributed by atoms with Crippen molar-refractivity contribution in [2.75, 3.05) is 0 Å². The topological polar surface area (TPSA) is 39.4 Å². The first kappa shape index (κ1) is 18.9. The van der Waals surface area contributed by atoms with Crippen LogP contribution in [0.4, 0.5) is 22.0 Å². The van der Waals surface area contributed by atoms with Crippen molar-refractivity contribution in [1.29, 1.82) is 0 Å². The number of aryl methyl sites for hydroxylation is 1. The molecule has 0 radical (unpaired) electrons. The van der Waals surface area contributed by atoms with Crippen molar-refractivity contribution < 1.29 is 31.1 Å². The molecule has 0 unspecified atom stereocenters. The fraction of sp³-hybridized carbons (Fsp3) is 0.0952. The van der Waals surface area contributed by atoms with Gasteiger partial charge in [-0.05, 0) is 24.6 Å². The van der Waals surface area contributed by atoms with Gasteiger partial charge in [-0.15, -0.1) is 0 Å². The predicted octanol–water partition coefficient (Wildman–Crippen LogP) is 5.53. The Bertz CT molecular complexity index is 1320. The minimum absolute atomic E-state index is 0.0392. The summed E-state index contributed by atoms with van der Waals surface area (Å²) in [5, 5.41) is 1.68. The Morgan fingerprint density at radius 2 is 1.45 bits per heavy atom. The van der Waals surface area contributed by atoms with Crippen LogP contribution in [0.5, 0.6) is 5.75 Å². The molecule has 0 aliphatic heterocycles. The summed E-state index contributed by atoms with van der Waals surface area (Å²) in [6, 6.07) is 9.66. The van der Waals surface area contributed by atoms with Crippen molar-refractivity contribution in [2.24, 2.45) is 0 Å². The second-order valence-corrected chi connectivity index (χ2v) is 6.39. The molecule has 4 rings (SSSR count). The molecule has 4 aromatic rings. The fourth-order valence-electron chi connectivity index (χ4n) is 3.20. The lowest BCUT2D eigenvalue weighted by Gasteiger charge is -2.12. The summed E-state index contributed by atoms with van der Waals surface area (Å²) in [6.45, 7) is 0.800. The van der Waals surface area contributed by atoms with Gasteiger partial charge in [-0.2, -0.15) is 0 Å². The van der Waals surface area contributed by atoms with Crippen LogP contribution in [0.15, 0.2) is 45.6 Å². The molecule has 0 aliphatic rings. The molecule has 1 aromatic heterocycles. The normalized spacial score (nSPS) is 11.4. The van der Waals surface area contributed by atoms with E-state index in [1.54, 1.807) is 31.2 Å². The number of hydrogen-bond acceptors (Lipinski definition) is 3. The van der Waals surface area contributed by atoms with E-state index in [1.807, 2.05) is 0 Å². The third-order valence-electron chi connectivity index (χ3n) is 4.58. The molecule has 1 heterocycles. The van der Waals surface area contributed by atoms with Crippen molar-refractivity contribution in [2.45, 2.75) is 13.5 Å². The molecule has 0 fully saturated rings. The zero-order valence-corrected chi connectivity index (χ0v) is 14.8. The Morgan fingerprint density at radius 1 is 0.862 bits per heavy atom. The van der Waals surface area contributed by atoms with Gasteiger partial charge in [0.05, 0.1) is 10.9 Å². The van der Waals surface area contributed by atoms with E-state index in [0.29, 0.717) is 21.7 Å². The van der Waals surface area contributed by atoms with Gasteiger partial charge in [0.2, 0.25) is 5.82 Å². The standard InChI is InChI=1S/C21H11F5O3/c1-9-6-10(28-8-13-16(22)18(24)20(26)19(25)17(13)23)7-14-15(9)11-4-2-3-5-12(11)21(27)29-14/h2-7H,8H2,1H3. The molecule has 0 amide bonds. The third-order valence-corrected chi connectivity index (χ3v) is 4.58. The molecule has 8 heteroatoms. The molecule has 0 spiro atoms. The predicted molar refractivity (Wildman–Crippen MR) is 95.3 cm³/mol. The Morgan fingerprint density at radius 3 is 2.10 bits per heavy atom. The smallest absolute Gasteiger partial charge is 0.344 e. The average molecular weight is 406 g/mol. The maximum absolute atomic E-state index is 13.8. The Kier molecular flexibility index (Phi) is 4.49. The fourth-order valence-corrected chi connectivity index (χ4v) is 3.20. The van der Waals surface area contributed by atoms with E-state index in [1.165, 1.54) is 12.1 Å². The summed E-state index contributed by atoms with van der Waals surface area (Å²) in [7, 11) is 0. The molecule has 0 atom stereocenters. The minimum Gasteiger partial charge on any atom is -0.489 e. The molecule has 0 saturated carbocycles. The molecule has 0 bridgehead atoms. The lowest BCUT2D eigenvalue weighted by molar-refractivity contribution is 0.279. The van der Waals surface area contributed by atoms with Crippen LogP contribution in [0, 0.1) is 36.0 Å². The summed E-state index contributed by atoms with van der Waals surface area (Å²) in [5.74, 6) is -10.2. The largest absolute Gasteiger partial charge is 0.489 e. The molecular weight excluding hydrogens is 395 g/mol. The highest BCUT2D eigenvalue weighted by atomic mass is 19.2. The van der Waals surface area contributed by atoms with Crippen LogP contribution in [-0.2, 0) is 6.61 Å². The van der Waals surface area contributed by atoms with E-state index in [4.69, 9.17) is 9.15 Å². The number of hydrogen-bond donors (Lipinski definition) is 0. The van der Waals surface area contributed by atoms with Gasteiger partial charge in [0, 0.05) is 16.8 Å². The summed E-state index contributed by atoms with van der Waals surface area (Å²) in [5.41, 5.74) is -0.875. The molecule has 0 N–H and O–H groups in total. The SMILES string of the molecule is Cc1cc(OCc2c(F)c(F)c(F)c(F)c2F)cc2oc(=O)c3ccccc3c12. The lowest BCUT2D eigenvalue weighted by Crippen LogP contribution is -2.10. The molecule has 0 aliphatic carbocycles. The van der Waals surface area contributed by atoms with E-state index in [0.717, 1.165) is 0 Å². The molecule has 29 heavy (non-hydrogen) atoms. The first-order valence-corrected chi connectivity index (χ1v) is 8.39. The quantitative estimate of drug-likeness (QED) is 0.148. The van der Waals surface area contributed by atoms with E-state index < -0.39 is 46.9 Å². The molecule has 0 saturated heterocycles. The highest BCUT2D eigenvalue weighted by Crippen LogP contribution is 2.31. The van der Waals surface area contributed by atoms with Gasteiger partial charge in [0.1, 0.15) is 17.9 Å². The second-order valence-electron chi connectivity index (χ2n) is 6.39. The zero-order chi connectivity index (χ0) is 20.9. The monoisotopic (exact) mass is 406 g/mol. The van der Waals surface area contributed by atoms with Crippen LogP contribution in [0.1, 0.15) is 11.1 Å². The number of halogens is 5. The van der Waals surface area contributed by atoms with Crippen LogP contribution in [0.3, 0.4) is 0 Å². The van der Waals surface area contributed by atoms with E-state index in [-0.39, 0.29) is 11.3 Å². The van der Waals surface area contributed by atoms with E-state index in [9.17, 15) is 26.7 Å². The zero-order valence-electron chi connectivity index (χ0n) is 14.8. The summed E-state index contributed by atoms with van der Waals surface area (Å²) >= 11 is 0. The molecule has 148 valence electrons. The third kappa shape index (κ3) is 3.00. The van der Waals surface area contributed by atoms with Crippen molar-refractivity contribution in [3.8, 4) is 5.75 Å². The summed E-state index contributed by atoms with van der Waals surface area (Å²) < 4.78 is 77.9. The van der Waals surface area contributed by atoms with Crippen molar-refractivity contribution >= 4 is 21.7 Å². The second kappa shape index (κ2) is 6.88. The van der Waals surface area contributed by atoms with Crippen LogP contribution in [0.2, 0.25) is 0 Å². The molecule has 3 nitrogen and oxygen atoms in total. The van der Waals surface area contributed by atoms with Crippen LogP contribution >= 0.6 is 0 Å². The Labute approximate surface area is 159 Å². The summed E-state index contributed by atoms with van der Waals surface area (Å²) in [6.07, 6.45) is 0. The first-order chi connectivity index (χ1) is 13.8. The molecular formula is C21H11F5O3. The van der Waals surface area contributed by atoms with E-state index >= 15 is 0 Å². The van der Waals surface area contributed by atoms with Gasteiger partial charge in [0.25, 0.3) is 0 Å². The lowest BCUT2D eigenvalue weighted by atomic mass is 10.0. The highest BCUT2D eigenvalue weighted by Gasteiger charge is 2.26. The van der Waals surface area contributed by atoms with Gasteiger partial charge < -0.3 is 9.15 Å². The van der Waals surface area contributed by atoms with Crippen LogP contribution < -0.4 is 10.4 Å². The maximum Gasteiger partial charge on any atom is 0.344 e. The number of rotatable bonds is 3. The Hall–Kier alpha value is -3.42. The summed E-state index contributed by atoms with van der Waals surface area (Å²) in [4.78, 5) is 12.2. The van der Waals surface area contributed by atoms with Gasteiger partial charge in [-0.25, -0.2) is 26.7 Å². The van der Waals surface area contributed by atoms with Gasteiger partial charge >= 0.3 is 5.63 Å². The number of fused-ring (bicyclic) bond motifs is 3. The maximum atomic E-state index is 13.8. The van der Waals surface area contributed by atoms with Gasteiger partial charge in [-0.3, -0.25) is 0 Å². The van der Waals surface area contributed by atoms with Crippen LogP contribution in [0.25, 0.3) is 21.7 Å². The highest BCUT2D eigenvalue weighted by molar-refractivity contribution is 6.06. The van der Waals surface area contributed by atoms with E-state index in [2.05, 4.69) is 0 Å². The average Bonchev–Trinajstić information content (AvgIpc) is 2.70. The number of ether oxygens (including phenoxy) is 1. The molecule has 3 aromatic carbocycles. The van der Waals surface area contributed by atoms with Crippen molar-refractivity contribution in [3.05, 3.63) is 87.0 Å². The van der Waals surface area contributed by atoms with Gasteiger partial charge in [0.15, 0.2) is 23.3 Å². The van der Waals surface area contributed by atoms with Gasteiger partial charge in [-0.1, -0.05) is 18.2 Å². The first-order valence-electron chi connectivity index (χ1n) is 8.39. The van der Waals surface area contributed by atoms with Crippen LogP contribution in [-0.4, -0.2) is 0 Å². The number of benzene rings is 3.